The Morgan fingerprint density at radius 1 is 1.13 bits per heavy atom. The van der Waals surface area contributed by atoms with Gasteiger partial charge in [-0.05, 0) is 29.2 Å². The van der Waals surface area contributed by atoms with Crippen LogP contribution in [-0.4, -0.2) is 26.7 Å². The number of ether oxygens (including phenoxy) is 2. The van der Waals surface area contributed by atoms with Crippen LogP contribution < -0.4 is 10.1 Å². The molecule has 0 fully saturated rings. The topological polar surface area (TPSA) is 47.6 Å². The first-order valence-corrected chi connectivity index (χ1v) is 7.66. The Morgan fingerprint density at radius 2 is 1.87 bits per heavy atom. The van der Waals surface area contributed by atoms with Crippen molar-refractivity contribution in [2.24, 2.45) is 0 Å². The van der Waals surface area contributed by atoms with Crippen LogP contribution in [0.4, 0.5) is 0 Å². The zero-order valence-corrected chi connectivity index (χ0v) is 13.8. The van der Waals surface area contributed by atoms with Gasteiger partial charge in [-0.25, -0.2) is 4.79 Å². The number of rotatable bonds is 7. The van der Waals surface area contributed by atoms with Gasteiger partial charge in [0.2, 0.25) is 0 Å². The Bertz CT molecular complexity index is 640. The van der Waals surface area contributed by atoms with Crippen LogP contribution >= 0.6 is 0 Å². The lowest BCUT2D eigenvalue weighted by molar-refractivity contribution is 0.0597. The van der Waals surface area contributed by atoms with Crippen molar-refractivity contribution < 1.29 is 14.3 Å². The summed E-state index contributed by atoms with van der Waals surface area (Å²) in [5, 5.41) is 3.43. The van der Waals surface area contributed by atoms with Crippen molar-refractivity contribution in [2.75, 3.05) is 20.8 Å². The first kappa shape index (κ1) is 17.0. The quantitative estimate of drug-likeness (QED) is 0.796. The summed E-state index contributed by atoms with van der Waals surface area (Å²) in [6, 6.07) is 16.0. The number of esters is 1. The van der Waals surface area contributed by atoms with Crippen molar-refractivity contribution in [3.05, 3.63) is 65.2 Å². The van der Waals surface area contributed by atoms with Gasteiger partial charge in [0.25, 0.3) is 0 Å². The SMILES string of the molecule is COC(=O)c1cc(CNC[C@H](C)c2ccccc2)ccc1OC. The summed E-state index contributed by atoms with van der Waals surface area (Å²) in [5.41, 5.74) is 2.78. The van der Waals surface area contributed by atoms with Gasteiger partial charge in [-0.2, -0.15) is 0 Å². The van der Waals surface area contributed by atoms with Crippen molar-refractivity contribution in [2.45, 2.75) is 19.4 Å². The van der Waals surface area contributed by atoms with Gasteiger partial charge in [0.1, 0.15) is 11.3 Å². The highest BCUT2D eigenvalue weighted by atomic mass is 16.5. The normalized spacial score (nSPS) is 11.8. The average molecular weight is 313 g/mol. The van der Waals surface area contributed by atoms with E-state index in [1.165, 1.54) is 12.7 Å². The molecule has 122 valence electrons. The highest BCUT2D eigenvalue weighted by molar-refractivity contribution is 5.92. The number of benzene rings is 2. The minimum absolute atomic E-state index is 0.388. The molecule has 0 amide bonds. The monoisotopic (exact) mass is 313 g/mol. The fourth-order valence-electron chi connectivity index (χ4n) is 2.47. The summed E-state index contributed by atoms with van der Waals surface area (Å²) < 4.78 is 10.00. The molecule has 0 aliphatic rings. The lowest BCUT2D eigenvalue weighted by atomic mass is 10.0. The molecule has 0 radical (unpaired) electrons. The summed E-state index contributed by atoms with van der Waals surface area (Å²) >= 11 is 0. The first-order valence-electron chi connectivity index (χ1n) is 7.66. The van der Waals surface area contributed by atoms with E-state index >= 15 is 0 Å². The van der Waals surface area contributed by atoms with E-state index < -0.39 is 0 Å². The van der Waals surface area contributed by atoms with E-state index in [1.54, 1.807) is 13.2 Å². The zero-order chi connectivity index (χ0) is 16.7. The van der Waals surface area contributed by atoms with Gasteiger partial charge in [0.15, 0.2) is 0 Å². The van der Waals surface area contributed by atoms with Crippen LogP contribution in [0.5, 0.6) is 5.75 Å². The minimum atomic E-state index is -0.388. The Balaban J connectivity index is 1.97. The second-order valence-electron chi connectivity index (χ2n) is 5.47. The summed E-state index contributed by atoms with van der Waals surface area (Å²) in [6.45, 7) is 3.74. The van der Waals surface area contributed by atoms with Gasteiger partial charge in [-0.15, -0.1) is 0 Å². The van der Waals surface area contributed by atoms with Crippen LogP contribution in [0.2, 0.25) is 0 Å². The predicted octanol–water partition coefficient (Wildman–Crippen LogP) is 3.38. The molecule has 2 aromatic carbocycles. The molecule has 0 bridgehead atoms. The molecular formula is C19H23NO3. The number of carbonyl (C=O) groups excluding carboxylic acids is 1. The van der Waals surface area contributed by atoms with Gasteiger partial charge in [-0.3, -0.25) is 0 Å². The predicted molar refractivity (Wildman–Crippen MR) is 90.9 cm³/mol. The van der Waals surface area contributed by atoms with E-state index in [-0.39, 0.29) is 5.97 Å². The lowest BCUT2D eigenvalue weighted by Crippen LogP contribution is -2.20. The van der Waals surface area contributed by atoms with Gasteiger partial charge >= 0.3 is 5.97 Å². The van der Waals surface area contributed by atoms with E-state index in [9.17, 15) is 4.79 Å². The van der Waals surface area contributed by atoms with E-state index in [0.29, 0.717) is 23.8 Å². The molecule has 2 aromatic rings. The minimum Gasteiger partial charge on any atom is -0.496 e. The number of hydrogen-bond donors (Lipinski definition) is 1. The number of nitrogens with one attached hydrogen (secondary N) is 1. The molecule has 0 spiro atoms. The molecule has 2 rings (SSSR count). The summed E-state index contributed by atoms with van der Waals surface area (Å²) in [5.74, 6) is 0.564. The maximum Gasteiger partial charge on any atom is 0.341 e. The largest absolute Gasteiger partial charge is 0.496 e. The highest BCUT2D eigenvalue weighted by Crippen LogP contribution is 2.21. The van der Waals surface area contributed by atoms with Crippen LogP contribution in [0, 0.1) is 0 Å². The van der Waals surface area contributed by atoms with Crippen LogP contribution in [0.25, 0.3) is 0 Å². The second kappa shape index (κ2) is 8.34. The maximum atomic E-state index is 11.8. The van der Waals surface area contributed by atoms with Crippen LogP contribution in [0.1, 0.15) is 34.3 Å². The maximum absolute atomic E-state index is 11.8. The Hall–Kier alpha value is -2.33. The summed E-state index contributed by atoms with van der Waals surface area (Å²) in [4.78, 5) is 11.8. The lowest BCUT2D eigenvalue weighted by Gasteiger charge is -2.14. The average Bonchev–Trinajstić information content (AvgIpc) is 2.61. The Morgan fingerprint density at radius 3 is 2.52 bits per heavy atom. The molecule has 0 aromatic heterocycles. The van der Waals surface area contributed by atoms with Crippen molar-refractivity contribution in [1.82, 2.24) is 5.32 Å². The van der Waals surface area contributed by atoms with Crippen molar-refractivity contribution in [3.63, 3.8) is 0 Å². The van der Waals surface area contributed by atoms with Gasteiger partial charge in [0.05, 0.1) is 14.2 Å². The number of hydrogen-bond acceptors (Lipinski definition) is 4. The highest BCUT2D eigenvalue weighted by Gasteiger charge is 2.13. The standard InChI is InChI=1S/C19H23NO3/c1-14(16-7-5-4-6-8-16)12-20-13-15-9-10-18(22-2)17(11-15)19(21)23-3/h4-11,14,20H,12-13H2,1-3H3/t14-/m0/s1. The van der Waals surface area contributed by atoms with Gasteiger partial charge in [0, 0.05) is 13.1 Å². The van der Waals surface area contributed by atoms with Gasteiger partial charge in [-0.1, -0.05) is 43.3 Å². The number of carbonyl (C=O) groups is 1. The molecule has 0 aliphatic heterocycles. The molecular weight excluding hydrogens is 290 g/mol. The van der Waals surface area contributed by atoms with E-state index in [4.69, 9.17) is 9.47 Å². The summed E-state index contributed by atoms with van der Waals surface area (Å²) in [6.07, 6.45) is 0. The molecule has 1 N–H and O–H groups in total. The fraction of sp³-hybridized carbons (Fsp3) is 0.316. The van der Waals surface area contributed by atoms with Crippen LogP contribution in [0.15, 0.2) is 48.5 Å². The van der Waals surface area contributed by atoms with E-state index in [0.717, 1.165) is 12.1 Å². The van der Waals surface area contributed by atoms with Crippen LogP contribution in [0.3, 0.4) is 0 Å². The van der Waals surface area contributed by atoms with Crippen LogP contribution in [-0.2, 0) is 11.3 Å². The van der Waals surface area contributed by atoms with Crippen molar-refractivity contribution in [1.29, 1.82) is 0 Å². The fourth-order valence-corrected chi connectivity index (χ4v) is 2.47. The molecule has 1 atom stereocenters. The Kier molecular flexibility index (Phi) is 6.18. The van der Waals surface area contributed by atoms with Crippen molar-refractivity contribution in [3.8, 4) is 5.75 Å². The van der Waals surface area contributed by atoms with E-state index in [1.807, 2.05) is 18.2 Å². The van der Waals surface area contributed by atoms with Gasteiger partial charge < -0.3 is 14.8 Å². The molecule has 0 unspecified atom stereocenters. The zero-order valence-electron chi connectivity index (χ0n) is 13.8. The third-order valence-electron chi connectivity index (χ3n) is 3.82. The number of methoxy groups -OCH3 is 2. The molecule has 4 nitrogen and oxygen atoms in total. The molecule has 0 saturated carbocycles. The van der Waals surface area contributed by atoms with Crippen molar-refractivity contribution >= 4 is 5.97 Å². The molecule has 4 heteroatoms. The third kappa shape index (κ3) is 4.57. The molecule has 0 heterocycles. The second-order valence-corrected chi connectivity index (χ2v) is 5.47. The smallest absolute Gasteiger partial charge is 0.341 e. The first-order chi connectivity index (χ1) is 11.2. The Labute approximate surface area is 137 Å². The summed E-state index contributed by atoms with van der Waals surface area (Å²) in [7, 11) is 2.91. The van der Waals surface area contributed by atoms with E-state index in [2.05, 4.69) is 36.5 Å². The third-order valence-corrected chi connectivity index (χ3v) is 3.82. The molecule has 0 saturated heterocycles. The molecule has 0 aliphatic carbocycles. The molecule has 23 heavy (non-hydrogen) atoms.